The molecule has 1 aromatic heterocycles. The van der Waals surface area contributed by atoms with E-state index < -0.39 is 12.1 Å². The number of carbonyl (C=O) groups excluding carboxylic acids is 2. The van der Waals surface area contributed by atoms with Crippen molar-refractivity contribution in [2.75, 3.05) is 13.1 Å². The molecule has 3 aromatic rings. The number of esters is 1. The van der Waals surface area contributed by atoms with Crippen molar-refractivity contribution < 1.29 is 19.1 Å². The number of hydrogen-bond donors (Lipinski definition) is 0. The third-order valence-corrected chi connectivity index (χ3v) is 6.50. The Balaban J connectivity index is 1.25. The molecule has 1 amide bonds. The third-order valence-electron chi connectivity index (χ3n) is 5.86. The van der Waals surface area contributed by atoms with Gasteiger partial charge in [0, 0.05) is 18.5 Å². The molecule has 6 nitrogen and oxygen atoms in total. The normalized spacial score (nSPS) is 15.1. The smallest absolute Gasteiger partial charge is 0.339 e. The molecule has 1 aliphatic heterocycles. The second-order valence-electron chi connectivity index (χ2n) is 8.30. The van der Waals surface area contributed by atoms with Crippen LogP contribution in [0.25, 0.3) is 0 Å². The zero-order valence-electron chi connectivity index (χ0n) is 18.7. The Labute approximate surface area is 198 Å². The first-order chi connectivity index (χ1) is 16.1. The van der Waals surface area contributed by atoms with Gasteiger partial charge in [0.2, 0.25) is 0 Å². The van der Waals surface area contributed by atoms with Crippen molar-refractivity contribution in [2.24, 2.45) is 5.92 Å². The van der Waals surface area contributed by atoms with Crippen LogP contribution in [0.15, 0.2) is 65.5 Å². The summed E-state index contributed by atoms with van der Waals surface area (Å²) >= 11 is 1.50. The predicted octanol–water partition coefficient (Wildman–Crippen LogP) is 4.75. The van der Waals surface area contributed by atoms with Gasteiger partial charge in [-0.3, -0.25) is 4.79 Å². The van der Waals surface area contributed by atoms with Crippen molar-refractivity contribution in [1.29, 1.82) is 0 Å². The van der Waals surface area contributed by atoms with Gasteiger partial charge in [-0.15, -0.1) is 11.3 Å². The molecule has 2 aromatic carbocycles. The first-order valence-corrected chi connectivity index (χ1v) is 12.2. The number of aromatic nitrogens is 1. The predicted molar refractivity (Wildman–Crippen MR) is 127 cm³/mol. The number of ether oxygens (including phenoxy) is 2. The van der Waals surface area contributed by atoms with E-state index in [1.54, 1.807) is 36.7 Å². The SMILES string of the molecule is CC(OC(=O)c1cccc(OCc2cscn2)c1)C(=O)N1CCC(Cc2ccccc2)CC1. The lowest BCUT2D eigenvalue weighted by atomic mass is 9.90. The highest BCUT2D eigenvalue weighted by atomic mass is 32.1. The molecule has 1 aliphatic rings. The number of amides is 1. The van der Waals surface area contributed by atoms with Gasteiger partial charge >= 0.3 is 5.97 Å². The van der Waals surface area contributed by atoms with Gasteiger partial charge in [0.25, 0.3) is 5.91 Å². The Hall–Kier alpha value is -3.19. The Morgan fingerprint density at radius 1 is 1.12 bits per heavy atom. The number of likely N-dealkylation sites (tertiary alicyclic amines) is 1. The molecule has 1 saturated heterocycles. The van der Waals surface area contributed by atoms with Crippen molar-refractivity contribution in [3.8, 4) is 5.75 Å². The topological polar surface area (TPSA) is 68.7 Å². The first-order valence-electron chi connectivity index (χ1n) is 11.2. The summed E-state index contributed by atoms with van der Waals surface area (Å²) in [7, 11) is 0. The minimum Gasteiger partial charge on any atom is -0.487 e. The van der Waals surface area contributed by atoms with Crippen LogP contribution in [0.3, 0.4) is 0 Å². The molecule has 33 heavy (non-hydrogen) atoms. The van der Waals surface area contributed by atoms with E-state index in [4.69, 9.17) is 9.47 Å². The molecule has 0 spiro atoms. The van der Waals surface area contributed by atoms with Gasteiger partial charge in [0.15, 0.2) is 6.10 Å². The zero-order valence-corrected chi connectivity index (χ0v) is 19.5. The number of rotatable bonds is 8. The molecule has 0 saturated carbocycles. The maximum Gasteiger partial charge on any atom is 0.339 e. The second kappa shape index (κ2) is 11.1. The highest BCUT2D eigenvalue weighted by Crippen LogP contribution is 2.23. The van der Waals surface area contributed by atoms with Crippen molar-refractivity contribution >= 4 is 23.2 Å². The van der Waals surface area contributed by atoms with Crippen molar-refractivity contribution in [2.45, 2.75) is 38.9 Å². The van der Waals surface area contributed by atoms with Gasteiger partial charge in [0.05, 0.1) is 16.8 Å². The summed E-state index contributed by atoms with van der Waals surface area (Å²) in [5, 5.41) is 1.91. The lowest BCUT2D eigenvalue weighted by molar-refractivity contribution is -0.141. The largest absolute Gasteiger partial charge is 0.487 e. The fourth-order valence-electron chi connectivity index (χ4n) is 4.02. The van der Waals surface area contributed by atoms with E-state index in [0.717, 1.165) is 25.0 Å². The van der Waals surface area contributed by atoms with Crippen molar-refractivity contribution in [3.63, 3.8) is 0 Å². The maximum absolute atomic E-state index is 12.8. The van der Waals surface area contributed by atoms with Crippen molar-refractivity contribution in [3.05, 3.63) is 82.3 Å². The third kappa shape index (κ3) is 6.42. The molecule has 1 unspecified atom stereocenters. The monoisotopic (exact) mass is 464 g/mol. The van der Waals surface area contributed by atoms with E-state index in [-0.39, 0.29) is 5.91 Å². The molecule has 0 radical (unpaired) electrons. The molecule has 0 aliphatic carbocycles. The Morgan fingerprint density at radius 3 is 2.64 bits per heavy atom. The van der Waals surface area contributed by atoms with E-state index >= 15 is 0 Å². The van der Waals surface area contributed by atoms with Gasteiger partial charge < -0.3 is 14.4 Å². The van der Waals surface area contributed by atoms with E-state index in [0.29, 0.717) is 36.9 Å². The van der Waals surface area contributed by atoms with Crippen LogP contribution in [0.4, 0.5) is 0 Å². The van der Waals surface area contributed by atoms with Crippen LogP contribution in [0.5, 0.6) is 5.75 Å². The van der Waals surface area contributed by atoms with Gasteiger partial charge in [-0.25, -0.2) is 9.78 Å². The van der Waals surface area contributed by atoms with Crippen molar-refractivity contribution in [1.82, 2.24) is 9.88 Å². The number of nitrogens with zero attached hydrogens (tertiary/aromatic N) is 2. The molecule has 0 bridgehead atoms. The average Bonchev–Trinajstić information content (AvgIpc) is 3.37. The van der Waals surface area contributed by atoms with E-state index in [2.05, 4.69) is 29.2 Å². The summed E-state index contributed by atoms with van der Waals surface area (Å²) < 4.78 is 11.2. The lowest BCUT2D eigenvalue weighted by Gasteiger charge is -2.33. The first kappa shape index (κ1) is 23.0. The molecule has 2 heterocycles. The summed E-state index contributed by atoms with van der Waals surface area (Å²) in [6.45, 7) is 3.35. The minimum atomic E-state index is -0.831. The average molecular weight is 465 g/mol. The Morgan fingerprint density at radius 2 is 1.91 bits per heavy atom. The fraction of sp³-hybridized carbons (Fsp3) is 0.346. The Kier molecular flexibility index (Phi) is 7.73. The van der Waals surface area contributed by atoms with E-state index in [1.807, 2.05) is 16.3 Å². The van der Waals surface area contributed by atoms with Gasteiger partial charge in [-0.05, 0) is 55.9 Å². The number of benzene rings is 2. The maximum atomic E-state index is 12.8. The molecular formula is C26H28N2O4S. The number of thiazole rings is 1. The van der Waals surface area contributed by atoms with Crippen LogP contribution in [-0.2, 0) is 22.6 Å². The molecule has 4 rings (SSSR count). The number of piperidine rings is 1. The Bertz CT molecular complexity index is 1050. The molecule has 1 fully saturated rings. The molecule has 0 N–H and O–H groups in total. The molecule has 1 atom stereocenters. The minimum absolute atomic E-state index is 0.141. The summed E-state index contributed by atoms with van der Waals surface area (Å²) in [6.07, 6.45) is 2.12. The van der Waals surface area contributed by atoms with Gasteiger partial charge in [-0.2, -0.15) is 0 Å². The highest BCUT2D eigenvalue weighted by molar-refractivity contribution is 7.07. The lowest BCUT2D eigenvalue weighted by Crippen LogP contribution is -2.44. The fourth-order valence-corrected chi connectivity index (χ4v) is 4.56. The summed E-state index contributed by atoms with van der Waals surface area (Å²) in [6, 6.07) is 17.2. The van der Waals surface area contributed by atoms with Crippen LogP contribution in [0.2, 0.25) is 0 Å². The standard InChI is InChI=1S/C26H28N2O4S/c1-19(25(29)28-12-10-21(11-13-28)14-20-6-3-2-4-7-20)32-26(30)22-8-5-9-24(15-22)31-16-23-17-33-18-27-23/h2-9,15,17-19,21H,10-14,16H2,1H3. The zero-order chi connectivity index (χ0) is 23.0. The van der Waals surface area contributed by atoms with Gasteiger partial charge in [0.1, 0.15) is 12.4 Å². The summed E-state index contributed by atoms with van der Waals surface area (Å²) in [4.78, 5) is 31.5. The second-order valence-corrected chi connectivity index (χ2v) is 9.02. The highest BCUT2D eigenvalue weighted by Gasteiger charge is 2.28. The summed E-state index contributed by atoms with van der Waals surface area (Å²) in [5.41, 5.74) is 4.27. The van der Waals surface area contributed by atoms with Crippen LogP contribution in [0.1, 0.15) is 41.4 Å². The van der Waals surface area contributed by atoms with Crippen LogP contribution < -0.4 is 4.74 Å². The van der Waals surface area contributed by atoms with Gasteiger partial charge in [-0.1, -0.05) is 36.4 Å². The van der Waals surface area contributed by atoms with Crippen LogP contribution in [0, 0.1) is 5.92 Å². The molecule has 7 heteroatoms. The number of carbonyl (C=O) groups is 2. The van der Waals surface area contributed by atoms with E-state index in [9.17, 15) is 9.59 Å². The quantitative estimate of drug-likeness (QED) is 0.450. The molecular weight excluding hydrogens is 436 g/mol. The van der Waals surface area contributed by atoms with Crippen LogP contribution in [-0.4, -0.2) is 41.0 Å². The van der Waals surface area contributed by atoms with E-state index in [1.165, 1.54) is 16.9 Å². The van der Waals surface area contributed by atoms with Crippen LogP contribution >= 0.6 is 11.3 Å². The number of hydrogen-bond acceptors (Lipinski definition) is 6. The summed E-state index contributed by atoms with van der Waals surface area (Å²) in [5.74, 6) is 0.449. The molecule has 172 valence electrons.